The molecule has 3 aromatic carbocycles. The molecule has 1 aliphatic heterocycles. The maximum absolute atomic E-state index is 13.3. The number of barbiturate groups is 1. The number of hydrogen-bond donors (Lipinski definition) is 2. The summed E-state index contributed by atoms with van der Waals surface area (Å²) < 4.78 is 5.64. The van der Waals surface area contributed by atoms with Gasteiger partial charge in [0.1, 0.15) is 11.3 Å². The van der Waals surface area contributed by atoms with Crippen LogP contribution in [0.3, 0.4) is 0 Å². The second kappa shape index (κ2) is 11.4. The molecule has 8 nitrogen and oxygen atoms in total. The van der Waals surface area contributed by atoms with E-state index < -0.39 is 30.4 Å². The Labute approximate surface area is 237 Å². The lowest BCUT2D eigenvalue weighted by Gasteiger charge is -2.27. The molecule has 0 bridgehead atoms. The Hall–Kier alpha value is -3.56. The average molecular weight is 593 g/mol. The zero-order chi connectivity index (χ0) is 27.6. The molecule has 0 atom stereocenters. The van der Waals surface area contributed by atoms with Gasteiger partial charge in [0.05, 0.1) is 15.7 Å². The Bertz CT molecular complexity index is 1520. The van der Waals surface area contributed by atoms with Gasteiger partial charge < -0.3 is 10.1 Å². The molecule has 0 aliphatic carbocycles. The van der Waals surface area contributed by atoms with Gasteiger partial charge in [-0.2, -0.15) is 0 Å². The summed E-state index contributed by atoms with van der Waals surface area (Å²) in [5.74, 6) is -2.11. The predicted molar refractivity (Wildman–Crippen MR) is 147 cm³/mol. The minimum absolute atomic E-state index is 0.161. The molecule has 1 fully saturated rings. The lowest BCUT2D eigenvalue weighted by atomic mass is 10.0. The third-order valence-electron chi connectivity index (χ3n) is 5.42. The van der Waals surface area contributed by atoms with E-state index in [1.54, 1.807) is 25.1 Å². The van der Waals surface area contributed by atoms with Crippen molar-refractivity contribution in [1.29, 1.82) is 0 Å². The molecule has 38 heavy (non-hydrogen) atoms. The summed E-state index contributed by atoms with van der Waals surface area (Å²) in [6.07, 6.45) is 1.23. The van der Waals surface area contributed by atoms with E-state index in [9.17, 15) is 19.2 Å². The summed E-state index contributed by atoms with van der Waals surface area (Å²) in [7, 11) is 0. The predicted octanol–water partition coefficient (Wildman–Crippen LogP) is 6.29. The minimum atomic E-state index is -0.913. The van der Waals surface area contributed by atoms with E-state index in [2.05, 4.69) is 10.6 Å². The second-order valence-corrected chi connectivity index (χ2v) is 9.65. The smallest absolute Gasteiger partial charge is 0.335 e. The van der Waals surface area contributed by atoms with Crippen molar-refractivity contribution in [2.24, 2.45) is 0 Å². The summed E-state index contributed by atoms with van der Waals surface area (Å²) >= 11 is 24.2. The first-order valence-corrected chi connectivity index (χ1v) is 12.4. The molecule has 0 unspecified atom stereocenters. The molecular formula is C26H17Cl4N3O5. The highest BCUT2D eigenvalue weighted by Gasteiger charge is 2.37. The van der Waals surface area contributed by atoms with E-state index in [4.69, 9.17) is 51.1 Å². The number of imide groups is 2. The van der Waals surface area contributed by atoms with Crippen LogP contribution >= 0.6 is 46.4 Å². The Morgan fingerprint density at radius 3 is 2.47 bits per heavy atom. The fourth-order valence-electron chi connectivity index (χ4n) is 3.55. The minimum Gasteiger partial charge on any atom is -0.483 e. The molecule has 12 heteroatoms. The van der Waals surface area contributed by atoms with Crippen molar-refractivity contribution in [3.8, 4) is 5.75 Å². The number of halogens is 4. The van der Waals surface area contributed by atoms with Crippen molar-refractivity contribution in [2.45, 2.75) is 6.92 Å². The van der Waals surface area contributed by atoms with E-state index in [0.717, 1.165) is 4.90 Å². The number of nitrogens with zero attached hydrogens (tertiary/aromatic N) is 1. The van der Waals surface area contributed by atoms with Gasteiger partial charge in [-0.1, -0.05) is 52.5 Å². The van der Waals surface area contributed by atoms with Crippen LogP contribution in [-0.2, 0) is 14.4 Å². The second-order valence-electron chi connectivity index (χ2n) is 7.99. The monoisotopic (exact) mass is 591 g/mol. The molecule has 2 N–H and O–H groups in total. The molecule has 0 spiro atoms. The number of carbonyl (C=O) groups excluding carboxylic acids is 4. The van der Waals surface area contributed by atoms with Crippen LogP contribution in [0.25, 0.3) is 6.08 Å². The van der Waals surface area contributed by atoms with Crippen LogP contribution in [-0.4, -0.2) is 30.4 Å². The third kappa shape index (κ3) is 5.95. The first kappa shape index (κ1) is 27.5. The van der Waals surface area contributed by atoms with Crippen molar-refractivity contribution in [3.05, 3.63) is 91.4 Å². The van der Waals surface area contributed by atoms with Crippen LogP contribution in [0, 0.1) is 6.92 Å². The highest BCUT2D eigenvalue weighted by molar-refractivity contribution is 6.42. The van der Waals surface area contributed by atoms with Crippen LogP contribution in [0.1, 0.15) is 11.1 Å². The van der Waals surface area contributed by atoms with E-state index in [1.807, 2.05) is 0 Å². The lowest BCUT2D eigenvalue weighted by molar-refractivity contribution is -0.122. The highest BCUT2D eigenvalue weighted by Crippen LogP contribution is 2.31. The summed E-state index contributed by atoms with van der Waals surface area (Å²) in [4.78, 5) is 51.7. The summed E-state index contributed by atoms with van der Waals surface area (Å²) in [6.45, 7) is 1.23. The molecule has 0 saturated carbocycles. The normalized spacial score (nSPS) is 14.5. The van der Waals surface area contributed by atoms with Crippen LogP contribution < -0.4 is 20.3 Å². The number of amides is 5. The number of anilines is 2. The maximum Gasteiger partial charge on any atom is 0.335 e. The number of benzene rings is 3. The van der Waals surface area contributed by atoms with Gasteiger partial charge >= 0.3 is 6.03 Å². The van der Waals surface area contributed by atoms with Crippen LogP contribution in [0.2, 0.25) is 20.1 Å². The van der Waals surface area contributed by atoms with Gasteiger partial charge in [0.15, 0.2) is 6.61 Å². The van der Waals surface area contributed by atoms with Gasteiger partial charge in [0.2, 0.25) is 0 Å². The number of nitrogens with one attached hydrogen (secondary N) is 2. The van der Waals surface area contributed by atoms with Gasteiger partial charge in [0, 0.05) is 21.3 Å². The number of ether oxygens (including phenoxy) is 1. The van der Waals surface area contributed by atoms with Crippen molar-refractivity contribution in [2.75, 3.05) is 16.8 Å². The maximum atomic E-state index is 13.3. The molecule has 3 aromatic rings. The summed E-state index contributed by atoms with van der Waals surface area (Å²) in [5, 5.41) is 6.01. The Morgan fingerprint density at radius 1 is 0.974 bits per heavy atom. The number of urea groups is 1. The molecular weight excluding hydrogens is 576 g/mol. The van der Waals surface area contributed by atoms with Crippen molar-refractivity contribution in [1.82, 2.24) is 5.32 Å². The molecule has 0 radical (unpaired) electrons. The molecule has 194 valence electrons. The molecule has 1 saturated heterocycles. The molecule has 1 aliphatic rings. The zero-order valence-electron chi connectivity index (χ0n) is 19.5. The number of hydrogen-bond acceptors (Lipinski definition) is 5. The Morgan fingerprint density at radius 2 is 1.74 bits per heavy atom. The van der Waals surface area contributed by atoms with E-state index >= 15 is 0 Å². The fourth-order valence-corrected chi connectivity index (χ4v) is 4.20. The van der Waals surface area contributed by atoms with Gasteiger partial charge in [-0.15, -0.1) is 0 Å². The van der Waals surface area contributed by atoms with Crippen molar-refractivity contribution in [3.63, 3.8) is 0 Å². The summed E-state index contributed by atoms with van der Waals surface area (Å²) in [5.41, 5.74) is 0.995. The van der Waals surface area contributed by atoms with Crippen LogP contribution in [0.5, 0.6) is 5.75 Å². The molecule has 0 aromatic heterocycles. The van der Waals surface area contributed by atoms with Gasteiger partial charge in [-0.05, 0) is 67.1 Å². The van der Waals surface area contributed by atoms with E-state index in [0.29, 0.717) is 21.3 Å². The van der Waals surface area contributed by atoms with E-state index in [-0.39, 0.29) is 32.6 Å². The van der Waals surface area contributed by atoms with E-state index in [1.165, 1.54) is 42.5 Å². The first-order valence-electron chi connectivity index (χ1n) is 10.9. The SMILES string of the molecule is Cc1c(Cl)cccc1N1C(=O)NC(=O)/C(=C/c2cc(Cl)ccc2OCC(=O)Nc2ccc(Cl)c(Cl)c2)C1=O. The highest BCUT2D eigenvalue weighted by atomic mass is 35.5. The number of rotatable bonds is 6. The van der Waals surface area contributed by atoms with Gasteiger partial charge in [-0.3, -0.25) is 19.7 Å². The van der Waals surface area contributed by atoms with Crippen molar-refractivity contribution < 1.29 is 23.9 Å². The molecule has 1 heterocycles. The number of carbonyl (C=O) groups is 4. The molecule has 5 amide bonds. The largest absolute Gasteiger partial charge is 0.483 e. The fraction of sp³-hybridized carbons (Fsp3) is 0.0769. The lowest BCUT2D eigenvalue weighted by Crippen LogP contribution is -2.54. The first-order chi connectivity index (χ1) is 18.0. The zero-order valence-corrected chi connectivity index (χ0v) is 22.5. The third-order valence-corrected chi connectivity index (χ3v) is 6.80. The van der Waals surface area contributed by atoms with Crippen LogP contribution in [0.15, 0.2) is 60.2 Å². The standard InChI is InChI=1S/C26H17Cl4N3O5/c1-13-18(28)3-2-4-21(13)33-25(36)17(24(35)32-26(33)37)10-14-9-15(27)5-8-22(14)38-12-23(34)31-16-6-7-19(29)20(30)11-16/h2-11H,12H2,1H3,(H,31,34)(H,32,35,37)/b17-10-. The Kier molecular flexibility index (Phi) is 8.28. The summed E-state index contributed by atoms with van der Waals surface area (Å²) in [6, 6.07) is 12.9. The van der Waals surface area contributed by atoms with Crippen LogP contribution in [0.4, 0.5) is 16.2 Å². The topological polar surface area (TPSA) is 105 Å². The van der Waals surface area contributed by atoms with Crippen molar-refractivity contribution >= 4 is 87.6 Å². The average Bonchev–Trinajstić information content (AvgIpc) is 2.86. The van der Waals surface area contributed by atoms with Gasteiger partial charge in [0.25, 0.3) is 17.7 Å². The molecule has 4 rings (SSSR count). The van der Waals surface area contributed by atoms with Gasteiger partial charge in [-0.25, -0.2) is 9.69 Å². The Balaban J connectivity index is 1.59. The quantitative estimate of drug-likeness (QED) is 0.258.